The highest BCUT2D eigenvalue weighted by Gasteiger charge is 2.33. The maximum Gasteiger partial charge on any atom is 0.271 e. The van der Waals surface area contributed by atoms with Crippen molar-refractivity contribution in [2.24, 2.45) is 0 Å². The predicted octanol–water partition coefficient (Wildman–Crippen LogP) is 4.70. The van der Waals surface area contributed by atoms with Crippen molar-refractivity contribution < 1.29 is 22.9 Å². The van der Waals surface area contributed by atoms with Gasteiger partial charge in [-0.05, 0) is 44.4 Å². The number of non-ortho nitro benzene ring substituents is 1. The third kappa shape index (κ3) is 7.81. The number of carbonyl (C=O) groups excluding carboxylic acids is 2. The second-order valence-electron chi connectivity index (χ2n) is 8.96. The number of nitrogens with zero attached hydrogens (tertiary/aromatic N) is 3. The van der Waals surface area contributed by atoms with Crippen molar-refractivity contribution in [3.8, 4) is 0 Å². The van der Waals surface area contributed by atoms with Crippen LogP contribution in [0.4, 0.5) is 11.4 Å². The molecule has 0 spiro atoms. The van der Waals surface area contributed by atoms with Crippen molar-refractivity contribution in [2.45, 2.75) is 59.2 Å². The van der Waals surface area contributed by atoms with Gasteiger partial charge in [0.2, 0.25) is 21.8 Å². The molecule has 0 saturated carbocycles. The molecule has 0 aliphatic rings. The number of nitro groups is 1. The van der Waals surface area contributed by atoms with Gasteiger partial charge < -0.3 is 10.2 Å². The Morgan fingerprint density at radius 3 is 2.21 bits per heavy atom. The molecule has 0 fully saturated rings. The molecule has 0 unspecified atom stereocenters. The third-order valence-electron chi connectivity index (χ3n) is 6.13. The second-order valence-corrected chi connectivity index (χ2v) is 11.7. The first-order valence-electron chi connectivity index (χ1n) is 12.0. The van der Waals surface area contributed by atoms with Crippen molar-refractivity contribution in [3.63, 3.8) is 0 Å². The van der Waals surface area contributed by atoms with Gasteiger partial charge in [0.25, 0.3) is 5.69 Å². The first kappa shape index (κ1) is 31.3. The van der Waals surface area contributed by atoms with Crippen molar-refractivity contribution in [1.82, 2.24) is 10.2 Å². The van der Waals surface area contributed by atoms with Gasteiger partial charge in [0.05, 0.1) is 16.9 Å². The van der Waals surface area contributed by atoms with Crippen LogP contribution in [0.25, 0.3) is 0 Å². The molecule has 0 aliphatic carbocycles. The number of amides is 2. The monoisotopic (exact) mass is 586 g/mol. The number of rotatable bonds is 12. The summed E-state index contributed by atoms with van der Waals surface area (Å²) < 4.78 is 26.4. The number of hydrogen-bond donors (Lipinski definition) is 1. The summed E-state index contributed by atoms with van der Waals surface area (Å²) in [6.45, 7) is 6.19. The second kappa shape index (κ2) is 13.3. The first-order valence-corrected chi connectivity index (χ1v) is 14.6. The van der Waals surface area contributed by atoms with Crippen LogP contribution in [0.1, 0.15) is 44.7 Å². The van der Waals surface area contributed by atoms with E-state index in [1.54, 1.807) is 32.0 Å². The van der Waals surface area contributed by atoms with Crippen LogP contribution in [0.5, 0.6) is 0 Å². The van der Waals surface area contributed by atoms with Gasteiger partial charge in [-0.15, -0.1) is 0 Å². The van der Waals surface area contributed by atoms with E-state index < -0.39 is 39.3 Å². The fourth-order valence-electron chi connectivity index (χ4n) is 3.79. The first-order chi connectivity index (χ1) is 17.7. The van der Waals surface area contributed by atoms with Gasteiger partial charge >= 0.3 is 0 Å². The molecule has 2 amide bonds. The molecule has 0 heterocycles. The van der Waals surface area contributed by atoms with Gasteiger partial charge in [-0.25, -0.2) is 8.42 Å². The van der Waals surface area contributed by atoms with Crippen molar-refractivity contribution in [1.29, 1.82) is 0 Å². The molecular weight excluding hydrogens is 555 g/mol. The molecule has 0 aliphatic heterocycles. The topological polar surface area (TPSA) is 130 Å². The number of carbonyl (C=O) groups is 2. The lowest BCUT2D eigenvalue weighted by atomic mass is 10.1. The fraction of sp³-hybridized carbons (Fsp3) is 0.440. The average Bonchev–Trinajstić information content (AvgIpc) is 2.83. The molecule has 2 aromatic carbocycles. The Kier molecular flexibility index (Phi) is 10.9. The quantitative estimate of drug-likeness (QED) is 0.283. The molecule has 1 N–H and O–H groups in total. The van der Waals surface area contributed by atoms with E-state index in [2.05, 4.69) is 5.32 Å². The number of aryl methyl sites for hydroxylation is 1. The molecule has 2 aromatic rings. The van der Waals surface area contributed by atoms with Gasteiger partial charge in [-0.1, -0.05) is 49.2 Å². The summed E-state index contributed by atoms with van der Waals surface area (Å²) in [4.78, 5) is 38.9. The largest absolute Gasteiger partial charge is 0.352 e. The lowest BCUT2D eigenvalue weighted by molar-refractivity contribution is -0.384. The van der Waals surface area contributed by atoms with Crippen LogP contribution in [-0.4, -0.2) is 54.9 Å². The average molecular weight is 588 g/mol. The number of anilines is 1. The molecule has 2 atom stereocenters. The molecule has 10 nitrogen and oxygen atoms in total. The van der Waals surface area contributed by atoms with E-state index in [0.29, 0.717) is 17.5 Å². The Hall–Kier alpha value is -2.89. The number of nitro benzene ring substituents is 1. The lowest BCUT2D eigenvalue weighted by Crippen LogP contribution is -2.53. The summed E-state index contributed by atoms with van der Waals surface area (Å²) in [5, 5.41) is 14.8. The lowest BCUT2D eigenvalue weighted by Gasteiger charge is -2.34. The van der Waals surface area contributed by atoms with E-state index in [1.807, 2.05) is 13.8 Å². The van der Waals surface area contributed by atoms with Crippen LogP contribution in [0.3, 0.4) is 0 Å². The maximum absolute atomic E-state index is 13.8. The van der Waals surface area contributed by atoms with E-state index in [1.165, 1.54) is 17.0 Å². The standard InChI is InChI=1S/C25H32Cl2N4O6S/c1-6-17(4)28-25(33)22(7-2)29(14-19-20(26)9-8-10-21(19)27)24(32)15-30(38(5,36)37)23-13-18(31(34)35)12-11-16(23)3/h8-13,17,22H,6-7,14-15H2,1-5H3,(H,28,33)/t17-,22-/m0/s1. The van der Waals surface area contributed by atoms with E-state index in [-0.39, 0.29) is 40.4 Å². The summed E-state index contributed by atoms with van der Waals surface area (Å²) >= 11 is 12.7. The highest BCUT2D eigenvalue weighted by atomic mass is 35.5. The Morgan fingerprint density at radius 2 is 1.71 bits per heavy atom. The summed E-state index contributed by atoms with van der Waals surface area (Å²) in [5.41, 5.74) is 0.473. The Morgan fingerprint density at radius 1 is 1.11 bits per heavy atom. The molecule has 38 heavy (non-hydrogen) atoms. The molecule has 0 aromatic heterocycles. The molecule has 2 rings (SSSR count). The number of halogens is 2. The van der Waals surface area contributed by atoms with Gasteiger partial charge in [0, 0.05) is 40.3 Å². The Balaban J connectivity index is 2.59. The van der Waals surface area contributed by atoms with E-state index in [0.717, 1.165) is 16.6 Å². The summed E-state index contributed by atoms with van der Waals surface area (Å²) in [6, 6.07) is 7.48. The summed E-state index contributed by atoms with van der Waals surface area (Å²) in [7, 11) is -4.07. The van der Waals surface area contributed by atoms with Gasteiger partial charge in [0.1, 0.15) is 12.6 Å². The Labute approximate surface area is 233 Å². The van der Waals surface area contributed by atoms with Gasteiger partial charge in [0.15, 0.2) is 0 Å². The number of benzene rings is 2. The van der Waals surface area contributed by atoms with Crippen molar-refractivity contribution >= 4 is 56.4 Å². The normalized spacial score (nSPS) is 12.9. The Bertz CT molecular complexity index is 1280. The molecule has 0 bridgehead atoms. The van der Waals surface area contributed by atoms with Crippen molar-refractivity contribution in [3.05, 3.63) is 67.7 Å². The van der Waals surface area contributed by atoms with Crippen LogP contribution in [0.15, 0.2) is 36.4 Å². The van der Waals surface area contributed by atoms with Crippen LogP contribution >= 0.6 is 23.2 Å². The summed E-state index contributed by atoms with van der Waals surface area (Å²) in [6.07, 6.45) is 1.80. The number of hydrogen-bond acceptors (Lipinski definition) is 6. The zero-order valence-electron chi connectivity index (χ0n) is 21.9. The molecular formula is C25H32Cl2N4O6S. The minimum atomic E-state index is -4.07. The van der Waals surface area contributed by atoms with Crippen LogP contribution < -0.4 is 9.62 Å². The van der Waals surface area contributed by atoms with E-state index in [4.69, 9.17) is 23.2 Å². The maximum atomic E-state index is 13.8. The van der Waals surface area contributed by atoms with Crippen LogP contribution in [0.2, 0.25) is 10.0 Å². The highest BCUT2D eigenvalue weighted by molar-refractivity contribution is 7.92. The number of sulfonamides is 1. The molecule has 13 heteroatoms. The zero-order valence-corrected chi connectivity index (χ0v) is 24.2. The molecule has 0 saturated heterocycles. The van der Waals surface area contributed by atoms with Crippen LogP contribution in [0, 0.1) is 17.0 Å². The smallest absolute Gasteiger partial charge is 0.271 e. The minimum Gasteiger partial charge on any atom is -0.352 e. The van der Waals surface area contributed by atoms with Gasteiger partial charge in [-0.3, -0.25) is 24.0 Å². The van der Waals surface area contributed by atoms with Gasteiger partial charge in [-0.2, -0.15) is 0 Å². The van der Waals surface area contributed by atoms with E-state index >= 15 is 0 Å². The number of nitrogens with one attached hydrogen (secondary N) is 1. The molecule has 208 valence electrons. The summed E-state index contributed by atoms with van der Waals surface area (Å²) in [5.74, 6) is -1.11. The zero-order chi connectivity index (χ0) is 28.8. The third-order valence-corrected chi connectivity index (χ3v) is 7.96. The molecule has 0 radical (unpaired) electrons. The van der Waals surface area contributed by atoms with E-state index in [9.17, 15) is 28.1 Å². The fourth-order valence-corrected chi connectivity index (χ4v) is 5.21. The van der Waals surface area contributed by atoms with Crippen molar-refractivity contribution in [2.75, 3.05) is 17.1 Å². The SMILES string of the molecule is CC[C@H](C)NC(=O)[C@H](CC)N(Cc1c(Cl)cccc1Cl)C(=O)CN(c1cc([N+](=O)[O-])ccc1C)S(C)(=O)=O. The minimum absolute atomic E-state index is 0.0112. The highest BCUT2D eigenvalue weighted by Crippen LogP contribution is 2.30. The van der Waals surface area contributed by atoms with Crippen LogP contribution in [-0.2, 0) is 26.2 Å². The predicted molar refractivity (Wildman–Crippen MR) is 149 cm³/mol.